The summed E-state index contributed by atoms with van der Waals surface area (Å²) < 4.78 is 16.9. The van der Waals surface area contributed by atoms with Gasteiger partial charge in [0.2, 0.25) is 0 Å². The van der Waals surface area contributed by atoms with Crippen molar-refractivity contribution < 1.29 is 28.6 Å². The summed E-state index contributed by atoms with van der Waals surface area (Å²) in [6.07, 6.45) is 94.5. The number of rotatable bonds is 64. The molecule has 0 N–H and O–H groups in total. The maximum atomic E-state index is 12.9. The van der Waals surface area contributed by atoms with Crippen LogP contribution in [0.1, 0.15) is 348 Å². The van der Waals surface area contributed by atoms with Crippen LogP contribution in [0.25, 0.3) is 0 Å². The Morgan fingerprint density at radius 1 is 0.256 bits per heavy atom. The number of esters is 3. The van der Waals surface area contributed by atoms with Gasteiger partial charge in [0.1, 0.15) is 13.2 Å². The molecule has 1 unspecified atom stereocenters. The second-order valence-electron chi connectivity index (χ2n) is 23.4. The van der Waals surface area contributed by atoms with Crippen LogP contribution in [-0.4, -0.2) is 37.2 Å². The first-order chi connectivity index (χ1) is 40.5. The first-order valence-corrected chi connectivity index (χ1v) is 35.2. The minimum atomic E-state index is -0.776. The Labute approximate surface area is 508 Å². The smallest absolute Gasteiger partial charge is 0.306 e. The molecule has 0 spiro atoms. The third-order valence-electron chi connectivity index (χ3n) is 15.3. The van der Waals surface area contributed by atoms with Crippen molar-refractivity contribution >= 4 is 17.9 Å². The Kier molecular flexibility index (Phi) is 66.7. The second-order valence-corrected chi connectivity index (χ2v) is 23.4. The average molecular weight is 1140 g/mol. The summed E-state index contributed by atoms with van der Waals surface area (Å²) in [6.45, 7) is 6.52. The summed E-state index contributed by atoms with van der Waals surface area (Å²) >= 11 is 0. The minimum absolute atomic E-state index is 0.0742. The summed E-state index contributed by atoms with van der Waals surface area (Å²) in [4.78, 5) is 38.3. The van der Waals surface area contributed by atoms with E-state index in [-0.39, 0.29) is 31.1 Å². The molecule has 0 heterocycles. The predicted molar refractivity (Wildman–Crippen MR) is 357 cm³/mol. The highest BCUT2D eigenvalue weighted by atomic mass is 16.6. The van der Waals surface area contributed by atoms with Crippen molar-refractivity contribution in [3.05, 3.63) is 97.2 Å². The van der Waals surface area contributed by atoms with Crippen LogP contribution in [0.15, 0.2) is 97.2 Å². The molecule has 6 nitrogen and oxygen atoms in total. The fourth-order valence-corrected chi connectivity index (χ4v) is 10.1. The van der Waals surface area contributed by atoms with Gasteiger partial charge in [-0.1, -0.05) is 323 Å². The Hall–Kier alpha value is -3.67. The lowest BCUT2D eigenvalue weighted by Gasteiger charge is -2.18. The number of hydrogen-bond acceptors (Lipinski definition) is 6. The topological polar surface area (TPSA) is 78.9 Å². The van der Waals surface area contributed by atoms with E-state index in [1.165, 1.54) is 205 Å². The molecule has 0 radical (unpaired) electrons. The molecule has 0 aromatic rings. The zero-order valence-corrected chi connectivity index (χ0v) is 54.2. The lowest BCUT2D eigenvalue weighted by atomic mass is 10.0. The number of hydrogen-bond donors (Lipinski definition) is 0. The SMILES string of the molecule is CC/C=C\C/C=C\C/C=C\C/C=C\C/C=C\C/C=C\CCCCCCCCCCCCCCC(=O)OCC(COC(=O)CCCCCCCCCC)OC(=O)CCCCCCCCCCCCCCC/C=C\C/C=C\CCCCCCC. The Morgan fingerprint density at radius 3 is 0.744 bits per heavy atom. The summed E-state index contributed by atoms with van der Waals surface area (Å²) in [5, 5.41) is 0. The van der Waals surface area contributed by atoms with Crippen molar-refractivity contribution in [1.82, 2.24) is 0 Å². The van der Waals surface area contributed by atoms with Crippen LogP contribution < -0.4 is 0 Å². The predicted octanol–water partition coefficient (Wildman–Crippen LogP) is 24.4. The molecule has 0 bridgehead atoms. The van der Waals surface area contributed by atoms with Gasteiger partial charge in [0.15, 0.2) is 6.10 Å². The molecule has 0 fully saturated rings. The van der Waals surface area contributed by atoms with Crippen molar-refractivity contribution in [3.8, 4) is 0 Å². The van der Waals surface area contributed by atoms with Crippen LogP contribution in [0.2, 0.25) is 0 Å². The maximum absolute atomic E-state index is 12.9. The van der Waals surface area contributed by atoms with Crippen molar-refractivity contribution in [2.75, 3.05) is 13.2 Å². The van der Waals surface area contributed by atoms with Crippen molar-refractivity contribution in [2.45, 2.75) is 354 Å². The summed E-state index contributed by atoms with van der Waals surface area (Å²) in [5.41, 5.74) is 0. The molecule has 6 heteroatoms. The fourth-order valence-electron chi connectivity index (χ4n) is 10.1. The van der Waals surface area contributed by atoms with Gasteiger partial charge in [-0.2, -0.15) is 0 Å². The molecule has 0 aromatic heterocycles. The van der Waals surface area contributed by atoms with Crippen LogP contribution >= 0.6 is 0 Å². The van der Waals surface area contributed by atoms with E-state index in [1.807, 2.05) is 0 Å². The van der Waals surface area contributed by atoms with Crippen LogP contribution in [0.3, 0.4) is 0 Å². The van der Waals surface area contributed by atoms with E-state index < -0.39 is 6.10 Å². The standard InChI is InChI=1S/C76H132O6/c1-4-7-10-13-16-19-21-23-25-27-29-31-33-35-36-37-38-39-40-42-43-45-47-49-51-53-55-57-60-63-66-69-75(78)81-72-73(71-80-74(77)68-65-62-59-18-15-12-9-6-3)82-76(79)70-67-64-61-58-56-54-52-50-48-46-44-41-34-32-30-28-26-24-22-20-17-14-11-8-5-2/h7,10,16,19,22-25,28-31,35-36,38-39,73H,4-6,8-9,11-15,17-18,20-21,26-27,32-34,37,40-72H2,1-3H3/b10-7-,19-16-,24-22-,25-23-,30-28-,31-29-,36-35-,39-38-. The van der Waals surface area contributed by atoms with E-state index >= 15 is 0 Å². The van der Waals surface area contributed by atoms with E-state index in [0.717, 1.165) is 103 Å². The van der Waals surface area contributed by atoms with E-state index in [9.17, 15) is 14.4 Å². The van der Waals surface area contributed by atoms with Crippen LogP contribution in [0, 0.1) is 0 Å². The molecule has 0 aliphatic heterocycles. The number of ether oxygens (including phenoxy) is 3. The van der Waals surface area contributed by atoms with Crippen LogP contribution in [0.5, 0.6) is 0 Å². The highest BCUT2D eigenvalue weighted by Crippen LogP contribution is 2.17. The van der Waals surface area contributed by atoms with Gasteiger partial charge < -0.3 is 14.2 Å². The lowest BCUT2D eigenvalue weighted by molar-refractivity contribution is -0.167. The van der Waals surface area contributed by atoms with Gasteiger partial charge >= 0.3 is 17.9 Å². The van der Waals surface area contributed by atoms with Crippen molar-refractivity contribution in [3.63, 3.8) is 0 Å². The van der Waals surface area contributed by atoms with E-state index in [2.05, 4.69) is 118 Å². The third-order valence-corrected chi connectivity index (χ3v) is 15.3. The number of carbonyl (C=O) groups excluding carboxylic acids is 3. The zero-order chi connectivity index (χ0) is 59.2. The molecule has 0 saturated carbocycles. The molecule has 1 atom stereocenters. The highest BCUT2D eigenvalue weighted by molar-refractivity contribution is 5.71. The van der Waals surface area contributed by atoms with Crippen molar-refractivity contribution in [2.24, 2.45) is 0 Å². The average Bonchev–Trinajstić information content (AvgIpc) is 3.47. The molecule has 0 rings (SSSR count). The molecule has 0 aromatic carbocycles. The van der Waals surface area contributed by atoms with Gasteiger partial charge in [-0.3, -0.25) is 14.4 Å². The summed E-state index contributed by atoms with van der Waals surface area (Å²) in [7, 11) is 0. The highest BCUT2D eigenvalue weighted by Gasteiger charge is 2.19. The van der Waals surface area contributed by atoms with Crippen LogP contribution in [-0.2, 0) is 28.6 Å². The summed E-state index contributed by atoms with van der Waals surface area (Å²) in [5.74, 6) is -0.867. The Balaban J connectivity index is 4.12. The van der Waals surface area contributed by atoms with Crippen LogP contribution in [0.4, 0.5) is 0 Å². The van der Waals surface area contributed by atoms with E-state index in [1.54, 1.807) is 0 Å². The van der Waals surface area contributed by atoms with Gasteiger partial charge in [0.05, 0.1) is 0 Å². The van der Waals surface area contributed by atoms with Gasteiger partial charge in [0.25, 0.3) is 0 Å². The number of allylic oxidation sites excluding steroid dienone is 16. The molecular formula is C76H132O6. The third kappa shape index (κ3) is 67.1. The van der Waals surface area contributed by atoms with Gasteiger partial charge in [-0.25, -0.2) is 0 Å². The Bertz CT molecular complexity index is 1590. The maximum Gasteiger partial charge on any atom is 0.306 e. The number of carbonyl (C=O) groups is 3. The van der Waals surface area contributed by atoms with Crippen molar-refractivity contribution in [1.29, 1.82) is 0 Å². The summed E-state index contributed by atoms with van der Waals surface area (Å²) in [6, 6.07) is 0. The number of unbranched alkanes of at least 4 members (excludes halogenated alkanes) is 37. The molecule has 82 heavy (non-hydrogen) atoms. The first kappa shape index (κ1) is 78.3. The van der Waals surface area contributed by atoms with Gasteiger partial charge in [-0.05, 0) is 103 Å². The largest absolute Gasteiger partial charge is 0.462 e. The Morgan fingerprint density at radius 2 is 0.476 bits per heavy atom. The minimum Gasteiger partial charge on any atom is -0.462 e. The van der Waals surface area contributed by atoms with Gasteiger partial charge in [0, 0.05) is 19.3 Å². The molecule has 0 aliphatic rings. The molecule has 0 amide bonds. The first-order valence-electron chi connectivity index (χ1n) is 35.2. The molecule has 0 aliphatic carbocycles. The van der Waals surface area contributed by atoms with E-state index in [0.29, 0.717) is 19.3 Å². The molecule has 0 saturated heterocycles. The van der Waals surface area contributed by atoms with E-state index in [4.69, 9.17) is 14.2 Å². The second kappa shape index (κ2) is 69.8. The molecular weight excluding hydrogens is 1010 g/mol. The lowest BCUT2D eigenvalue weighted by Crippen LogP contribution is -2.30. The quantitative estimate of drug-likeness (QED) is 0.0261. The fraction of sp³-hybridized carbons (Fsp3) is 0.750. The molecule has 472 valence electrons. The van der Waals surface area contributed by atoms with Gasteiger partial charge in [-0.15, -0.1) is 0 Å². The zero-order valence-electron chi connectivity index (χ0n) is 54.2. The monoisotopic (exact) mass is 1140 g/mol. The normalized spacial score (nSPS) is 12.7.